The topological polar surface area (TPSA) is 90.3 Å². The Labute approximate surface area is 124 Å². The molecule has 7 nitrogen and oxygen atoms in total. The van der Waals surface area contributed by atoms with Crippen LogP contribution in [-0.4, -0.2) is 77.0 Å². The SMILES string of the molecule is O=C(O)CC1CN(C(=O)N(CCO)C2CCCC2)CCO1. The second-order valence-corrected chi connectivity index (χ2v) is 5.67. The van der Waals surface area contributed by atoms with Crippen LogP contribution in [0, 0.1) is 0 Å². The quantitative estimate of drug-likeness (QED) is 0.772. The number of carbonyl (C=O) groups excluding carboxylic acids is 1. The Hall–Kier alpha value is -1.34. The minimum Gasteiger partial charge on any atom is -0.481 e. The number of aliphatic hydroxyl groups is 1. The van der Waals surface area contributed by atoms with E-state index >= 15 is 0 Å². The van der Waals surface area contributed by atoms with Gasteiger partial charge >= 0.3 is 12.0 Å². The first-order valence-corrected chi connectivity index (χ1v) is 7.61. The van der Waals surface area contributed by atoms with Gasteiger partial charge in [0, 0.05) is 25.7 Å². The fourth-order valence-corrected chi connectivity index (χ4v) is 3.15. The highest BCUT2D eigenvalue weighted by Crippen LogP contribution is 2.24. The molecule has 0 aromatic rings. The summed E-state index contributed by atoms with van der Waals surface area (Å²) in [6.45, 7) is 1.43. The number of hydrogen-bond donors (Lipinski definition) is 2. The molecule has 0 aromatic carbocycles. The number of rotatable bonds is 5. The van der Waals surface area contributed by atoms with Crippen molar-refractivity contribution in [3.05, 3.63) is 0 Å². The Bertz CT molecular complexity index is 370. The predicted octanol–water partition coefficient (Wildman–Crippen LogP) is 0.519. The smallest absolute Gasteiger partial charge is 0.320 e. The van der Waals surface area contributed by atoms with E-state index in [1.807, 2.05) is 0 Å². The molecule has 0 spiro atoms. The maximum absolute atomic E-state index is 12.6. The number of aliphatic hydroxyl groups excluding tert-OH is 1. The van der Waals surface area contributed by atoms with E-state index in [1.54, 1.807) is 9.80 Å². The molecule has 1 aliphatic carbocycles. The van der Waals surface area contributed by atoms with E-state index in [0.717, 1.165) is 25.7 Å². The van der Waals surface area contributed by atoms with Crippen LogP contribution < -0.4 is 0 Å². The molecule has 0 bridgehead atoms. The van der Waals surface area contributed by atoms with Crippen molar-refractivity contribution in [2.24, 2.45) is 0 Å². The molecule has 2 aliphatic rings. The van der Waals surface area contributed by atoms with Crippen molar-refractivity contribution >= 4 is 12.0 Å². The third-order valence-corrected chi connectivity index (χ3v) is 4.16. The van der Waals surface area contributed by atoms with Gasteiger partial charge in [-0.1, -0.05) is 12.8 Å². The highest BCUT2D eigenvalue weighted by Gasteiger charge is 2.32. The molecule has 1 unspecified atom stereocenters. The van der Waals surface area contributed by atoms with Crippen LogP contribution in [0.4, 0.5) is 4.79 Å². The van der Waals surface area contributed by atoms with Gasteiger partial charge in [0.15, 0.2) is 0 Å². The van der Waals surface area contributed by atoms with Crippen LogP contribution in [0.5, 0.6) is 0 Å². The molecule has 2 amide bonds. The Balaban J connectivity index is 1.96. The molecule has 1 atom stereocenters. The lowest BCUT2D eigenvalue weighted by atomic mass is 10.2. The number of carbonyl (C=O) groups is 2. The molecule has 1 aliphatic heterocycles. The lowest BCUT2D eigenvalue weighted by molar-refractivity contribution is -0.141. The van der Waals surface area contributed by atoms with Gasteiger partial charge in [0.1, 0.15) is 0 Å². The van der Waals surface area contributed by atoms with E-state index in [0.29, 0.717) is 26.2 Å². The number of ether oxygens (including phenoxy) is 1. The summed E-state index contributed by atoms with van der Waals surface area (Å²) in [6, 6.07) is 0.0973. The Morgan fingerprint density at radius 2 is 2.00 bits per heavy atom. The minimum atomic E-state index is -0.919. The Morgan fingerprint density at radius 1 is 1.29 bits per heavy atom. The van der Waals surface area contributed by atoms with Gasteiger partial charge in [0.25, 0.3) is 0 Å². The summed E-state index contributed by atoms with van der Waals surface area (Å²) in [4.78, 5) is 26.8. The Morgan fingerprint density at radius 3 is 2.62 bits per heavy atom. The van der Waals surface area contributed by atoms with Crippen LogP contribution in [0.15, 0.2) is 0 Å². The van der Waals surface area contributed by atoms with Gasteiger partial charge in [0.2, 0.25) is 0 Å². The zero-order valence-corrected chi connectivity index (χ0v) is 12.2. The predicted molar refractivity (Wildman–Crippen MR) is 75.0 cm³/mol. The average Bonchev–Trinajstić information content (AvgIpc) is 2.97. The van der Waals surface area contributed by atoms with E-state index in [9.17, 15) is 14.7 Å². The molecule has 1 saturated carbocycles. The molecule has 2 N–H and O–H groups in total. The van der Waals surface area contributed by atoms with Gasteiger partial charge in [-0.2, -0.15) is 0 Å². The average molecular weight is 300 g/mol. The van der Waals surface area contributed by atoms with Gasteiger partial charge in [-0.05, 0) is 12.8 Å². The molecule has 2 fully saturated rings. The first-order valence-electron chi connectivity index (χ1n) is 7.61. The van der Waals surface area contributed by atoms with Crippen molar-refractivity contribution < 1.29 is 24.5 Å². The van der Waals surface area contributed by atoms with Crippen molar-refractivity contribution in [1.29, 1.82) is 0 Å². The van der Waals surface area contributed by atoms with E-state index in [1.165, 1.54) is 0 Å². The van der Waals surface area contributed by atoms with Gasteiger partial charge in [-0.15, -0.1) is 0 Å². The fraction of sp³-hybridized carbons (Fsp3) is 0.857. The van der Waals surface area contributed by atoms with Crippen molar-refractivity contribution in [2.45, 2.75) is 44.2 Å². The molecule has 1 saturated heterocycles. The summed E-state index contributed by atoms with van der Waals surface area (Å²) in [7, 11) is 0. The summed E-state index contributed by atoms with van der Waals surface area (Å²) in [5.74, 6) is -0.919. The zero-order chi connectivity index (χ0) is 15.2. The maximum atomic E-state index is 12.6. The number of hydrogen-bond acceptors (Lipinski definition) is 4. The molecular formula is C14H24N2O5. The number of morpholine rings is 1. The summed E-state index contributed by atoms with van der Waals surface area (Å²) in [5, 5.41) is 18.0. The monoisotopic (exact) mass is 300 g/mol. The lowest BCUT2D eigenvalue weighted by Gasteiger charge is -2.38. The number of aliphatic carboxylic acids is 1. The molecule has 0 aromatic heterocycles. The number of carboxylic acids is 1. The number of nitrogens with zero attached hydrogens (tertiary/aromatic N) is 2. The summed E-state index contributed by atoms with van der Waals surface area (Å²) in [5.41, 5.74) is 0. The van der Waals surface area contributed by atoms with Crippen LogP contribution in [0.2, 0.25) is 0 Å². The maximum Gasteiger partial charge on any atom is 0.320 e. The number of carboxylic acid groups (broad SMARTS) is 1. The molecule has 21 heavy (non-hydrogen) atoms. The summed E-state index contributed by atoms with van der Waals surface area (Å²) >= 11 is 0. The van der Waals surface area contributed by atoms with Crippen molar-refractivity contribution in [1.82, 2.24) is 9.80 Å². The highest BCUT2D eigenvalue weighted by atomic mass is 16.5. The van der Waals surface area contributed by atoms with Crippen LogP contribution in [0.1, 0.15) is 32.1 Å². The first-order chi connectivity index (χ1) is 10.1. The van der Waals surface area contributed by atoms with Crippen molar-refractivity contribution in [3.8, 4) is 0 Å². The standard InChI is InChI=1S/C14H24N2O5/c17-7-5-16(11-3-1-2-4-11)14(20)15-6-8-21-12(10-15)9-13(18)19/h11-12,17H,1-10H2,(H,18,19). The van der Waals surface area contributed by atoms with Crippen LogP contribution >= 0.6 is 0 Å². The van der Waals surface area contributed by atoms with Crippen molar-refractivity contribution in [3.63, 3.8) is 0 Å². The van der Waals surface area contributed by atoms with E-state index in [-0.39, 0.29) is 25.1 Å². The van der Waals surface area contributed by atoms with Crippen LogP contribution in [0.3, 0.4) is 0 Å². The third-order valence-electron chi connectivity index (χ3n) is 4.16. The van der Waals surface area contributed by atoms with Crippen LogP contribution in [-0.2, 0) is 9.53 Å². The van der Waals surface area contributed by atoms with Gasteiger partial charge in [0.05, 0.1) is 25.7 Å². The van der Waals surface area contributed by atoms with E-state index < -0.39 is 12.1 Å². The highest BCUT2D eigenvalue weighted by molar-refractivity contribution is 5.75. The molecule has 0 radical (unpaired) electrons. The van der Waals surface area contributed by atoms with Gasteiger partial charge < -0.3 is 24.7 Å². The van der Waals surface area contributed by atoms with Gasteiger partial charge in [-0.3, -0.25) is 4.79 Å². The minimum absolute atomic E-state index is 0.0505. The van der Waals surface area contributed by atoms with E-state index in [4.69, 9.17) is 9.84 Å². The first kappa shape index (κ1) is 16.0. The van der Waals surface area contributed by atoms with Gasteiger partial charge in [-0.25, -0.2) is 4.79 Å². The third kappa shape index (κ3) is 4.31. The van der Waals surface area contributed by atoms with Crippen molar-refractivity contribution in [2.75, 3.05) is 32.8 Å². The zero-order valence-electron chi connectivity index (χ0n) is 12.2. The lowest BCUT2D eigenvalue weighted by Crippen LogP contribution is -2.54. The number of amides is 2. The second kappa shape index (κ2) is 7.61. The summed E-state index contributed by atoms with van der Waals surface area (Å²) in [6.07, 6.45) is 3.66. The van der Waals surface area contributed by atoms with Crippen LogP contribution in [0.25, 0.3) is 0 Å². The summed E-state index contributed by atoms with van der Waals surface area (Å²) < 4.78 is 5.39. The second-order valence-electron chi connectivity index (χ2n) is 5.67. The fourth-order valence-electron chi connectivity index (χ4n) is 3.15. The van der Waals surface area contributed by atoms with E-state index in [2.05, 4.69) is 0 Å². The molecule has 7 heteroatoms. The normalized spacial score (nSPS) is 23.3. The molecular weight excluding hydrogens is 276 g/mol. The number of urea groups is 1. The molecule has 120 valence electrons. The molecule has 1 heterocycles. The Kier molecular flexibility index (Phi) is 5.81. The molecule has 2 rings (SSSR count). The largest absolute Gasteiger partial charge is 0.481 e.